The van der Waals surface area contributed by atoms with Crippen LogP contribution >= 0.6 is 22.9 Å². The first-order valence-electron chi connectivity index (χ1n) is 7.14. The molecule has 1 aromatic rings. The molecule has 2 atom stereocenters. The first-order chi connectivity index (χ1) is 12.6. The molecule has 0 aromatic carbocycles. The van der Waals surface area contributed by atoms with Crippen LogP contribution in [0.3, 0.4) is 0 Å². The number of oxime groups is 1. The van der Waals surface area contributed by atoms with Gasteiger partial charge in [0.2, 0.25) is 5.91 Å². The van der Waals surface area contributed by atoms with E-state index in [1.165, 1.54) is 19.4 Å². The maximum atomic E-state index is 12.4. The summed E-state index contributed by atoms with van der Waals surface area (Å²) in [6, 6.07) is -2.18. The number of amides is 3. The van der Waals surface area contributed by atoms with E-state index in [0.717, 1.165) is 11.3 Å². The first kappa shape index (κ1) is 21.0. The summed E-state index contributed by atoms with van der Waals surface area (Å²) in [5.41, 5.74) is -0.249. The third-order valence-corrected chi connectivity index (χ3v) is 5.39. The molecule has 0 radical (unpaired) electrons. The van der Waals surface area contributed by atoms with Crippen molar-refractivity contribution >= 4 is 61.8 Å². The highest BCUT2D eigenvalue weighted by Crippen LogP contribution is 2.23. The number of nitrogens with zero attached hydrogens (tertiary/aromatic N) is 3. The maximum absolute atomic E-state index is 12.4. The van der Waals surface area contributed by atoms with Crippen LogP contribution in [0, 0.1) is 0 Å². The van der Waals surface area contributed by atoms with Gasteiger partial charge in [0.25, 0.3) is 11.8 Å². The minimum absolute atomic E-state index is 0.0512. The number of carbonyl (C=O) groups is 3. The minimum atomic E-state index is -4.71. The van der Waals surface area contributed by atoms with Crippen LogP contribution < -0.4 is 10.6 Å². The van der Waals surface area contributed by atoms with Crippen LogP contribution in [-0.4, -0.2) is 70.8 Å². The Balaban J connectivity index is 2.14. The summed E-state index contributed by atoms with van der Waals surface area (Å²) in [5.74, 6) is -2.63. The van der Waals surface area contributed by atoms with Crippen LogP contribution in [0.5, 0.6) is 0 Å². The smallest absolute Gasteiger partial charge is 0.362 e. The lowest BCUT2D eigenvalue weighted by atomic mass is 10.0. The molecule has 148 valence electrons. The predicted molar refractivity (Wildman–Crippen MR) is 94.8 cm³/mol. The fourth-order valence-corrected chi connectivity index (χ4v) is 3.86. The number of carbonyl (C=O) groups excluding carboxylic acids is 3. The number of rotatable bonds is 7. The van der Waals surface area contributed by atoms with Crippen molar-refractivity contribution < 1.29 is 32.2 Å². The van der Waals surface area contributed by atoms with Gasteiger partial charge < -0.3 is 15.5 Å². The zero-order valence-electron chi connectivity index (χ0n) is 13.9. The molecular weight excluding hydrogens is 426 g/mol. The molecule has 12 nitrogen and oxygen atoms in total. The monoisotopic (exact) mass is 439 g/mol. The number of halogens is 1. The molecule has 0 unspecified atom stereocenters. The van der Waals surface area contributed by atoms with E-state index < -0.39 is 40.1 Å². The molecule has 0 saturated carbocycles. The van der Waals surface area contributed by atoms with Crippen LogP contribution in [0.4, 0.5) is 5.13 Å². The van der Waals surface area contributed by atoms with Crippen molar-refractivity contribution in [1.82, 2.24) is 14.6 Å². The van der Waals surface area contributed by atoms with Gasteiger partial charge in [0, 0.05) is 5.38 Å². The highest BCUT2D eigenvalue weighted by molar-refractivity contribution is 7.84. The second-order valence-electron chi connectivity index (χ2n) is 5.15. The van der Waals surface area contributed by atoms with Gasteiger partial charge >= 0.3 is 10.3 Å². The Kier molecular flexibility index (Phi) is 6.35. The van der Waals surface area contributed by atoms with E-state index in [1.54, 1.807) is 0 Å². The van der Waals surface area contributed by atoms with E-state index in [2.05, 4.69) is 25.6 Å². The van der Waals surface area contributed by atoms with Crippen LogP contribution in [0.1, 0.15) is 12.6 Å². The quantitative estimate of drug-likeness (QED) is 0.163. The van der Waals surface area contributed by atoms with Gasteiger partial charge in [0.05, 0.1) is 6.04 Å². The molecule has 3 N–H and O–H groups in total. The SMILES string of the molecule is CO/N=C(\C(=O)N[C@H]1C(=O)N(S(=O)(=O)O)[C@@H]1C)c1csc(NC(=O)CCl)n1. The van der Waals surface area contributed by atoms with Gasteiger partial charge in [-0.05, 0) is 6.92 Å². The Hall–Kier alpha value is -2.29. The van der Waals surface area contributed by atoms with E-state index in [0.29, 0.717) is 0 Å². The summed E-state index contributed by atoms with van der Waals surface area (Å²) in [7, 11) is -3.52. The lowest BCUT2D eigenvalue weighted by molar-refractivity contribution is -0.143. The molecule has 1 saturated heterocycles. The number of hydrogen-bond donors (Lipinski definition) is 3. The molecule has 27 heavy (non-hydrogen) atoms. The van der Waals surface area contributed by atoms with E-state index in [4.69, 9.17) is 16.2 Å². The molecule has 0 aliphatic carbocycles. The van der Waals surface area contributed by atoms with Gasteiger partial charge in [0.1, 0.15) is 24.7 Å². The maximum Gasteiger partial charge on any atom is 0.362 e. The number of aromatic nitrogens is 1. The molecule has 1 fully saturated rings. The summed E-state index contributed by atoms with van der Waals surface area (Å²) in [6.45, 7) is 1.33. The second kappa shape index (κ2) is 8.16. The van der Waals surface area contributed by atoms with E-state index in [1.807, 2.05) is 0 Å². The number of nitrogens with one attached hydrogen (secondary N) is 2. The van der Waals surface area contributed by atoms with E-state index in [-0.39, 0.29) is 26.7 Å². The molecule has 0 bridgehead atoms. The van der Waals surface area contributed by atoms with Gasteiger partial charge in [-0.15, -0.1) is 22.9 Å². The third-order valence-electron chi connectivity index (χ3n) is 3.38. The fourth-order valence-electron chi connectivity index (χ4n) is 2.20. The van der Waals surface area contributed by atoms with Gasteiger partial charge in [-0.3, -0.25) is 18.9 Å². The average Bonchev–Trinajstić information content (AvgIpc) is 3.04. The van der Waals surface area contributed by atoms with Crippen LogP contribution in [0.15, 0.2) is 10.5 Å². The molecule has 2 heterocycles. The molecule has 1 aromatic heterocycles. The van der Waals surface area contributed by atoms with Crippen LogP contribution in [-0.2, 0) is 29.5 Å². The van der Waals surface area contributed by atoms with Gasteiger partial charge in [-0.25, -0.2) is 9.29 Å². The Morgan fingerprint density at radius 1 is 1.52 bits per heavy atom. The lowest BCUT2D eigenvalue weighted by Crippen LogP contribution is -2.71. The van der Waals surface area contributed by atoms with Crippen molar-refractivity contribution in [2.75, 3.05) is 18.3 Å². The normalized spacial score (nSPS) is 20.1. The van der Waals surface area contributed by atoms with Crippen molar-refractivity contribution in [2.24, 2.45) is 5.16 Å². The van der Waals surface area contributed by atoms with Gasteiger partial charge in [-0.2, -0.15) is 8.42 Å². The number of thiazole rings is 1. The summed E-state index contributed by atoms with van der Waals surface area (Å²) in [5, 5.41) is 9.84. The van der Waals surface area contributed by atoms with Crippen molar-refractivity contribution in [2.45, 2.75) is 19.0 Å². The number of alkyl halides is 1. The Morgan fingerprint density at radius 2 is 2.19 bits per heavy atom. The highest BCUT2D eigenvalue weighted by Gasteiger charge is 2.51. The van der Waals surface area contributed by atoms with E-state index >= 15 is 0 Å². The number of hydrogen-bond acceptors (Lipinski definition) is 9. The summed E-state index contributed by atoms with van der Waals surface area (Å²) in [6.07, 6.45) is 0. The molecule has 15 heteroatoms. The average molecular weight is 440 g/mol. The zero-order chi connectivity index (χ0) is 20.4. The molecule has 1 aliphatic heterocycles. The summed E-state index contributed by atoms with van der Waals surface area (Å²) in [4.78, 5) is 44.2. The topological polar surface area (TPSA) is 167 Å². The fraction of sp³-hybridized carbons (Fsp3) is 0.417. The Morgan fingerprint density at radius 3 is 2.70 bits per heavy atom. The van der Waals surface area contributed by atoms with Crippen molar-refractivity contribution in [3.63, 3.8) is 0 Å². The Bertz CT molecular complexity index is 900. The summed E-state index contributed by atoms with van der Waals surface area (Å²) >= 11 is 6.39. The molecule has 3 amide bonds. The van der Waals surface area contributed by atoms with Gasteiger partial charge in [0.15, 0.2) is 10.8 Å². The zero-order valence-corrected chi connectivity index (χ0v) is 16.3. The molecular formula is C12H14ClN5O7S2. The van der Waals surface area contributed by atoms with Gasteiger partial charge in [-0.1, -0.05) is 5.16 Å². The number of anilines is 1. The van der Waals surface area contributed by atoms with Crippen molar-refractivity contribution in [3.05, 3.63) is 11.1 Å². The van der Waals surface area contributed by atoms with Crippen molar-refractivity contribution in [3.8, 4) is 0 Å². The standard InChI is InChI=1S/C12H14ClN5O7S2/c1-5-8(11(21)18(5)27(22,23)24)16-10(20)9(17-25-2)6-4-26-12(14-6)15-7(19)3-13/h4-5,8H,3H2,1-2H3,(H,16,20)(H,14,15,19)(H,22,23,24)/b17-9-/t5-,8-/m1/s1. The third kappa shape index (κ3) is 4.52. The number of β-lactam (4-membered cyclic amide) rings is 1. The van der Waals surface area contributed by atoms with Crippen molar-refractivity contribution in [1.29, 1.82) is 0 Å². The second-order valence-corrected chi connectivity index (χ2v) is 7.56. The largest absolute Gasteiger partial charge is 0.398 e. The summed E-state index contributed by atoms with van der Waals surface area (Å²) < 4.78 is 31.4. The highest BCUT2D eigenvalue weighted by atomic mass is 35.5. The first-order valence-corrected chi connectivity index (χ1v) is 9.95. The molecule has 2 rings (SSSR count). The van der Waals surface area contributed by atoms with Crippen LogP contribution in [0.25, 0.3) is 0 Å². The molecule has 1 aliphatic rings. The molecule has 0 spiro atoms. The lowest BCUT2D eigenvalue weighted by Gasteiger charge is -2.42. The van der Waals surface area contributed by atoms with E-state index in [9.17, 15) is 22.8 Å². The Labute approximate surface area is 162 Å². The minimum Gasteiger partial charge on any atom is -0.398 e. The predicted octanol–water partition coefficient (Wildman–Crippen LogP) is -0.811. The van der Waals surface area contributed by atoms with Crippen LogP contribution in [0.2, 0.25) is 0 Å².